The quantitative estimate of drug-likeness (QED) is 0.397. The molecule has 30 heavy (non-hydrogen) atoms. The van der Waals surface area contributed by atoms with Gasteiger partial charge in [-0.1, -0.05) is 24.3 Å². The lowest BCUT2D eigenvalue weighted by Crippen LogP contribution is -2.02. The van der Waals surface area contributed by atoms with E-state index >= 15 is 0 Å². The highest BCUT2D eigenvalue weighted by Crippen LogP contribution is 2.07. The number of carbonyl (C=O) groups is 2. The normalized spacial score (nSPS) is 11.2. The zero-order valence-corrected chi connectivity index (χ0v) is 17.2. The van der Waals surface area contributed by atoms with Crippen molar-refractivity contribution >= 4 is 11.9 Å². The Bertz CT molecular complexity index is 736. The maximum atomic E-state index is 11.1. The summed E-state index contributed by atoms with van der Waals surface area (Å²) >= 11 is 0. The third kappa shape index (κ3) is 10.7. The molecule has 2 aromatic rings. The van der Waals surface area contributed by atoms with Crippen LogP contribution in [0.15, 0.2) is 48.5 Å². The molecule has 1 aliphatic heterocycles. The molecule has 164 valence electrons. The van der Waals surface area contributed by atoms with Crippen LogP contribution in [0.1, 0.15) is 31.8 Å². The van der Waals surface area contributed by atoms with E-state index in [-0.39, 0.29) is 25.2 Å². The Morgan fingerprint density at radius 2 is 1.27 bits per heavy atom. The van der Waals surface area contributed by atoms with E-state index in [4.69, 9.17) is 14.9 Å². The molecule has 0 atom stereocenters. The molecule has 0 spiro atoms. The molecule has 1 fully saturated rings. The lowest BCUT2D eigenvalue weighted by atomic mass is 10.1. The minimum absolute atomic E-state index is 0.0124. The van der Waals surface area contributed by atoms with E-state index in [1.807, 2.05) is 0 Å². The van der Waals surface area contributed by atoms with Gasteiger partial charge >= 0.3 is 11.9 Å². The molecule has 3 rings (SSSR count). The highest BCUT2D eigenvalue weighted by atomic mass is 16.6. The number of esters is 2. The first kappa shape index (κ1) is 25.3. The molecule has 0 unspecified atom stereocenters. The van der Waals surface area contributed by atoms with Gasteiger partial charge in [0.25, 0.3) is 0 Å². The van der Waals surface area contributed by atoms with Gasteiger partial charge in [-0.25, -0.2) is 9.59 Å². The number of benzene rings is 2. The Kier molecular flexibility index (Phi) is 12.7. The second-order valence-electron chi connectivity index (χ2n) is 5.92. The number of aliphatic hydroxyl groups excluding tert-OH is 2. The van der Waals surface area contributed by atoms with Crippen molar-refractivity contribution in [2.75, 3.05) is 40.6 Å². The van der Waals surface area contributed by atoms with E-state index in [9.17, 15) is 9.59 Å². The minimum Gasteiger partial charge on any atom is -0.465 e. The average molecular weight is 420 g/mol. The summed E-state index contributed by atoms with van der Waals surface area (Å²) in [6, 6.07) is 13.6. The summed E-state index contributed by atoms with van der Waals surface area (Å²) in [5.74, 6) is -0.711. The van der Waals surface area contributed by atoms with E-state index in [1.54, 1.807) is 48.5 Å². The van der Waals surface area contributed by atoms with Gasteiger partial charge in [0.2, 0.25) is 0 Å². The Hall–Kier alpha value is -2.78. The largest absolute Gasteiger partial charge is 0.465 e. The summed E-state index contributed by atoms with van der Waals surface area (Å²) in [7, 11) is 2.68. The average Bonchev–Trinajstić information content (AvgIpc) is 3.69. The number of methoxy groups -OCH3 is 2. The predicted octanol–water partition coefficient (Wildman–Crippen LogP) is 1.96. The number of rotatable bonds is 7. The van der Waals surface area contributed by atoms with E-state index in [2.05, 4.69) is 14.2 Å². The maximum absolute atomic E-state index is 11.1. The summed E-state index contributed by atoms with van der Waals surface area (Å²) < 4.78 is 18.7. The monoisotopic (exact) mass is 420 g/mol. The summed E-state index contributed by atoms with van der Waals surface area (Å²) in [6.07, 6.45) is 0. The number of hydrogen-bond acceptors (Lipinski definition) is 8. The van der Waals surface area contributed by atoms with E-state index in [0.717, 1.165) is 24.3 Å². The molecule has 0 bridgehead atoms. The minimum atomic E-state index is -0.362. The van der Waals surface area contributed by atoms with Crippen LogP contribution in [0.3, 0.4) is 0 Å². The van der Waals surface area contributed by atoms with Crippen molar-refractivity contribution in [1.82, 2.24) is 0 Å². The number of aliphatic hydroxyl groups is 2. The van der Waals surface area contributed by atoms with Gasteiger partial charge in [0.05, 0.1) is 65.0 Å². The van der Waals surface area contributed by atoms with Gasteiger partial charge in [-0.05, 0) is 35.4 Å². The first-order chi connectivity index (χ1) is 14.5. The first-order valence-electron chi connectivity index (χ1n) is 9.27. The Labute approximate surface area is 176 Å². The van der Waals surface area contributed by atoms with Crippen molar-refractivity contribution in [2.24, 2.45) is 0 Å². The molecule has 8 heteroatoms. The molecule has 2 aromatic carbocycles. The van der Waals surface area contributed by atoms with Crippen LogP contribution in [0.2, 0.25) is 0 Å². The molecule has 0 radical (unpaired) electrons. The van der Waals surface area contributed by atoms with Gasteiger partial charge in [0, 0.05) is 0 Å². The lowest BCUT2D eigenvalue weighted by Gasteiger charge is -2.03. The standard InChI is InChI=1S/C11H14O4.C9H10O3.C2H4O/c1-14-11(13)10-4-2-9(3-5-10)8-15-7-6-12;1-12-9(11)8-4-2-7(6-10)3-5-8;1-2-3-1/h2-5,12H,6-8H2,1H3;2-5,10H,6H2,1H3;1-2H2. The summed E-state index contributed by atoms with van der Waals surface area (Å²) in [5.41, 5.74) is 2.75. The molecule has 8 nitrogen and oxygen atoms in total. The molecule has 1 aliphatic rings. The van der Waals surface area contributed by atoms with Crippen molar-refractivity contribution in [3.8, 4) is 0 Å². The second-order valence-corrected chi connectivity index (χ2v) is 5.92. The predicted molar refractivity (Wildman–Crippen MR) is 109 cm³/mol. The van der Waals surface area contributed by atoms with Crippen LogP contribution in [0, 0.1) is 0 Å². The fourth-order valence-electron chi connectivity index (χ4n) is 1.97. The van der Waals surface area contributed by atoms with Crippen LogP contribution >= 0.6 is 0 Å². The Morgan fingerprint density at radius 3 is 1.60 bits per heavy atom. The highest BCUT2D eigenvalue weighted by Gasteiger charge is 2.04. The van der Waals surface area contributed by atoms with Crippen molar-refractivity contribution < 1.29 is 38.7 Å². The SMILES string of the molecule is C1CO1.COC(=O)c1ccc(CO)cc1.COC(=O)c1ccc(COCCO)cc1. The molecule has 0 saturated carbocycles. The zero-order valence-electron chi connectivity index (χ0n) is 17.2. The molecule has 1 saturated heterocycles. The second kappa shape index (κ2) is 15.1. The number of carbonyl (C=O) groups excluding carboxylic acids is 2. The highest BCUT2D eigenvalue weighted by molar-refractivity contribution is 5.89. The van der Waals surface area contributed by atoms with E-state index in [1.165, 1.54) is 14.2 Å². The van der Waals surface area contributed by atoms with E-state index in [0.29, 0.717) is 24.3 Å². The van der Waals surface area contributed by atoms with E-state index < -0.39 is 0 Å². The third-order valence-corrected chi connectivity index (χ3v) is 3.64. The first-order valence-corrected chi connectivity index (χ1v) is 9.27. The topological polar surface area (TPSA) is 115 Å². The van der Waals surface area contributed by atoms with Gasteiger partial charge < -0.3 is 29.2 Å². The Morgan fingerprint density at radius 1 is 0.833 bits per heavy atom. The van der Waals surface area contributed by atoms with Gasteiger partial charge in [-0.2, -0.15) is 0 Å². The molecular formula is C22H28O8. The van der Waals surface area contributed by atoms with Gasteiger partial charge in [0.15, 0.2) is 0 Å². The molecule has 0 aromatic heterocycles. The van der Waals surface area contributed by atoms with Crippen LogP contribution in [0.4, 0.5) is 0 Å². The van der Waals surface area contributed by atoms with Crippen LogP contribution < -0.4 is 0 Å². The summed E-state index contributed by atoms with van der Waals surface area (Å²) in [5, 5.41) is 17.2. The maximum Gasteiger partial charge on any atom is 0.337 e. The van der Waals surface area contributed by atoms with Crippen LogP contribution in [-0.2, 0) is 32.2 Å². The zero-order chi connectivity index (χ0) is 22.2. The number of epoxide rings is 1. The van der Waals surface area contributed by atoms with Gasteiger partial charge in [-0.3, -0.25) is 0 Å². The number of ether oxygens (including phenoxy) is 4. The molecule has 0 aliphatic carbocycles. The molecule has 0 amide bonds. The van der Waals surface area contributed by atoms with Crippen LogP contribution in [0.25, 0.3) is 0 Å². The molecule has 2 N–H and O–H groups in total. The lowest BCUT2D eigenvalue weighted by molar-refractivity contribution is 0.0591. The third-order valence-electron chi connectivity index (χ3n) is 3.64. The number of hydrogen-bond donors (Lipinski definition) is 2. The molecular weight excluding hydrogens is 392 g/mol. The van der Waals surface area contributed by atoms with Crippen molar-refractivity contribution in [3.05, 3.63) is 70.8 Å². The van der Waals surface area contributed by atoms with Crippen molar-refractivity contribution in [3.63, 3.8) is 0 Å². The van der Waals surface area contributed by atoms with Crippen molar-refractivity contribution in [1.29, 1.82) is 0 Å². The summed E-state index contributed by atoms with van der Waals surface area (Å²) in [4.78, 5) is 22.0. The van der Waals surface area contributed by atoms with Gasteiger partial charge in [0.1, 0.15) is 0 Å². The fourth-order valence-corrected chi connectivity index (χ4v) is 1.97. The van der Waals surface area contributed by atoms with Gasteiger partial charge in [-0.15, -0.1) is 0 Å². The van der Waals surface area contributed by atoms with Crippen LogP contribution in [-0.4, -0.2) is 62.8 Å². The smallest absolute Gasteiger partial charge is 0.337 e. The summed E-state index contributed by atoms with van der Waals surface area (Å²) in [6.45, 7) is 2.75. The fraction of sp³-hybridized carbons (Fsp3) is 0.364. The molecule has 1 heterocycles. The Balaban J connectivity index is 0.000000267. The van der Waals surface area contributed by atoms with Crippen LogP contribution in [0.5, 0.6) is 0 Å². The van der Waals surface area contributed by atoms with Crippen molar-refractivity contribution in [2.45, 2.75) is 13.2 Å².